The summed E-state index contributed by atoms with van der Waals surface area (Å²) < 4.78 is 6.08. The fourth-order valence-electron chi connectivity index (χ4n) is 2.08. The van der Waals surface area contributed by atoms with Gasteiger partial charge in [0.1, 0.15) is 0 Å². The van der Waals surface area contributed by atoms with Gasteiger partial charge in [0, 0.05) is 24.7 Å². The van der Waals surface area contributed by atoms with Crippen molar-refractivity contribution in [1.29, 1.82) is 0 Å². The van der Waals surface area contributed by atoms with Crippen LogP contribution in [-0.4, -0.2) is 37.1 Å². The van der Waals surface area contributed by atoms with Crippen LogP contribution in [0.1, 0.15) is 12.0 Å². The minimum absolute atomic E-state index is 0.142. The Kier molecular flexibility index (Phi) is 4.65. The Morgan fingerprint density at radius 2 is 2.39 bits per heavy atom. The number of hydrogen-bond acceptors (Lipinski definition) is 2. The molecular formula is C13H15BrClNO2. The summed E-state index contributed by atoms with van der Waals surface area (Å²) >= 11 is 9.29. The number of rotatable bonds is 3. The fraction of sp³-hybridized carbons (Fsp3) is 0.462. The third-order valence-electron chi connectivity index (χ3n) is 3.17. The molecule has 5 heteroatoms. The minimum atomic E-state index is 0.142. The third-order valence-corrected chi connectivity index (χ3v) is 4.38. The van der Waals surface area contributed by atoms with E-state index in [0.29, 0.717) is 18.0 Å². The number of carbonyl (C=O) groups is 1. The van der Waals surface area contributed by atoms with Crippen LogP contribution in [0, 0.1) is 0 Å². The third kappa shape index (κ3) is 3.25. The van der Waals surface area contributed by atoms with Crippen LogP contribution >= 0.6 is 27.5 Å². The van der Waals surface area contributed by atoms with E-state index in [0.717, 1.165) is 23.0 Å². The van der Waals surface area contributed by atoms with Crippen molar-refractivity contribution in [3.63, 3.8) is 0 Å². The van der Waals surface area contributed by atoms with Crippen molar-refractivity contribution in [2.45, 2.75) is 18.9 Å². The molecule has 1 amide bonds. The van der Waals surface area contributed by atoms with E-state index < -0.39 is 0 Å². The SMILES string of the molecule is CO[C@H]1CCN(C(=O)Cc2ccc(Cl)c(Br)c2)C1. The summed E-state index contributed by atoms with van der Waals surface area (Å²) in [5.41, 5.74) is 0.970. The molecule has 0 aromatic heterocycles. The Labute approximate surface area is 120 Å². The van der Waals surface area contributed by atoms with Crippen LogP contribution in [0.2, 0.25) is 5.02 Å². The standard InChI is InChI=1S/C13H15BrClNO2/c1-18-10-4-5-16(8-10)13(17)7-9-2-3-12(15)11(14)6-9/h2-3,6,10H,4-5,7-8H2,1H3/t10-/m0/s1. The van der Waals surface area contributed by atoms with Gasteiger partial charge >= 0.3 is 0 Å². The van der Waals surface area contributed by atoms with Gasteiger partial charge in [-0.3, -0.25) is 4.79 Å². The lowest BCUT2D eigenvalue weighted by Crippen LogP contribution is -2.31. The molecule has 0 aliphatic carbocycles. The lowest BCUT2D eigenvalue weighted by molar-refractivity contribution is -0.129. The number of hydrogen-bond donors (Lipinski definition) is 0. The van der Waals surface area contributed by atoms with E-state index in [4.69, 9.17) is 16.3 Å². The number of likely N-dealkylation sites (tertiary alicyclic amines) is 1. The summed E-state index contributed by atoms with van der Waals surface area (Å²) in [5, 5.41) is 0.659. The Hall–Kier alpha value is -0.580. The molecule has 1 aliphatic rings. The summed E-state index contributed by atoms with van der Waals surface area (Å²) in [4.78, 5) is 14.0. The summed E-state index contributed by atoms with van der Waals surface area (Å²) in [6, 6.07) is 5.58. The van der Waals surface area contributed by atoms with Crippen molar-refractivity contribution in [2.75, 3.05) is 20.2 Å². The van der Waals surface area contributed by atoms with Crippen molar-refractivity contribution < 1.29 is 9.53 Å². The Morgan fingerprint density at radius 1 is 1.61 bits per heavy atom. The highest BCUT2D eigenvalue weighted by atomic mass is 79.9. The maximum atomic E-state index is 12.1. The zero-order chi connectivity index (χ0) is 13.1. The number of amides is 1. The van der Waals surface area contributed by atoms with Gasteiger partial charge in [-0.15, -0.1) is 0 Å². The predicted octanol–water partition coefficient (Wildman–Crippen LogP) is 2.89. The van der Waals surface area contributed by atoms with E-state index in [1.165, 1.54) is 0 Å². The molecule has 1 aromatic carbocycles. The molecule has 3 nitrogen and oxygen atoms in total. The maximum absolute atomic E-state index is 12.1. The van der Waals surface area contributed by atoms with E-state index in [2.05, 4.69) is 15.9 Å². The quantitative estimate of drug-likeness (QED) is 0.852. The van der Waals surface area contributed by atoms with Crippen LogP contribution in [0.3, 0.4) is 0 Å². The molecule has 1 saturated heterocycles. The molecule has 0 spiro atoms. The molecule has 2 rings (SSSR count). The number of ether oxygens (including phenoxy) is 1. The van der Waals surface area contributed by atoms with Crippen LogP contribution < -0.4 is 0 Å². The van der Waals surface area contributed by atoms with Gasteiger partial charge in [-0.25, -0.2) is 0 Å². The van der Waals surface area contributed by atoms with Crippen LogP contribution in [0.4, 0.5) is 0 Å². The van der Waals surface area contributed by atoms with Crippen molar-refractivity contribution in [3.8, 4) is 0 Å². The predicted molar refractivity (Wildman–Crippen MR) is 74.9 cm³/mol. The van der Waals surface area contributed by atoms with Gasteiger partial charge in [-0.05, 0) is 40.0 Å². The molecule has 1 atom stereocenters. The topological polar surface area (TPSA) is 29.5 Å². The maximum Gasteiger partial charge on any atom is 0.227 e. The summed E-state index contributed by atoms with van der Waals surface area (Å²) in [6.07, 6.45) is 1.52. The second kappa shape index (κ2) is 6.04. The normalized spacial score (nSPS) is 19.3. The average Bonchev–Trinajstić information content (AvgIpc) is 2.82. The molecule has 0 unspecified atom stereocenters. The first-order valence-electron chi connectivity index (χ1n) is 5.84. The van der Waals surface area contributed by atoms with Crippen molar-refractivity contribution >= 4 is 33.4 Å². The first kappa shape index (κ1) is 13.8. The summed E-state index contributed by atoms with van der Waals surface area (Å²) in [6.45, 7) is 1.48. The zero-order valence-electron chi connectivity index (χ0n) is 10.2. The van der Waals surface area contributed by atoms with Crippen LogP contribution in [0.15, 0.2) is 22.7 Å². The Bertz CT molecular complexity index is 453. The van der Waals surface area contributed by atoms with Crippen LogP contribution in [-0.2, 0) is 16.0 Å². The van der Waals surface area contributed by atoms with E-state index in [9.17, 15) is 4.79 Å². The number of carbonyl (C=O) groups excluding carboxylic acids is 1. The Morgan fingerprint density at radius 3 is 3.00 bits per heavy atom. The van der Waals surface area contributed by atoms with Gasteiger partial charge in [0.15, 0.2) is 0 Å². The van der Waals surface area contributed by atoms with Gasteiger partial charge in [0.25, 0.3) is 0 Å². The molecular weight excluding hydrogens is 318 g/mol. The number of benzene rings is 1. The smallest absolute Gasteiger partial charge is 0.227 e. The molecule has 0 bridgehead atoms. The van der Waals surface area contributed by atoms with Crippen molar-refractivity contribution in [3.05, 3.63) is 33.3 Å². The van der Waals surface area contributed by atoms with Crippen LogP contribution in [0.5, 0.6) is 0 Å². The van der Waals surface area contributed by atoms with Gasteiger partial charge in [0.2, 0.25) is 5.91 Å². The van der Waals surface area contributed by atoms with E-state index in [1.807, 2.05) is 17.0 Å². The molecule has 1 aromatic rings. The van der Waals surface area contributed by atoms with Crippen molar-refractivity contribution in [2.24, 2.45) is 0 Å². The minimum Gasteiger partial charge on any atom is -0.380 e. The molecule has 0 N–H and O–H groups in total. The van der Waals surface area contributed by atoms with Gasteiger partial charge in [0.05, 0.1) is 17.5 Å². The molecule has 18 heavy (non-hydrogen) atoms. The molecule has 0 radical (unpaired) electrons. The first-order valence-corrected chi connectivity index (χ1v) is 7.01. The summed E-state index contributed by atoms with van der Waals surface area (Å²) in [7, 11) is 1.69. The molecule has 98 valence electrons. The highest BCUT2D eigenvalue weighted by Crippen LogP contribution is 2.24. The number of nitrogens with zero attached hydrogens (tertiary/aromatic N) is 1. The van der Waals surface area contributed by atoms with E-state index >= 15 is 0 Å². The van der Waals surface area contributed by atoms with Crippen LogP contribution in [0.25, 0.3) is 0 Å². The first-order chi connectivity index (χ1) is 8.60. The lowest BCUT2D eigenvalue weighted by atomic mass is 10.1. The van der Waals surface area contributed by atoms with Gasteiger partial charge in [-0.1, -0.05) is 17.7 Å². The van der Waals surface area contributed by atoms with E-state index in [1.54, 1.807) is 13.2 Å². The van der Waals surface area contributed by atoms with E-state index in [-0.39, 0.29) is 12.0 Å². The fourth-order valence-corrected chi connectivity index (χ4v) is 2.63. The highest BCUT2D eigenvalue weighted by Gasteiger charge is 2.25. The van der Waals surface area contributed by atoms with Gasteiger partial charge in [-0.2, -0.15) is 0 Å². The lowest BCUT2D eigenvalue weighted by Gasteiger charge is -2.16. The summed E-state index contributed by atoms with van der Waals surface area (Å²) in [5.74, 6) is 0.142. The second-order valence-electron chi connectivity index (χ2n) is 4.41. The Balaban J connectivity index is 1.97. The highest BCUT2D eigenvalue weighted by molar-refractivity contribution is 9.10. The molecule has 1 heterocycles. The largest absolute Gasteiger partial charge is 0.380 e. The second-order valence-corrected chi connectivity index (χ2v) is 5.67. The monoisotopic (exact) mass is 331 g/mol. The molecule has 0 saturated carbocycles. The number of halogens is 2. The van der Waals surface area contributed by atoms with Crippen molar-refractivity contribution in [1.82, 2.24) is 4.90 Å². The zero-order valence-corrected chi connectivity index (χ0v) is 12.5. The average molecular weight is 333 g/mol. The molecule has 1 fully saturated rings. The number of methoxy groups -OCH3 is 1. The molecule has 1 aliphatic heterocycles. The van der Waals surface area contributed by atoms with Gasteiger partial charge < -0.3 is 9.64 Å².